The SMILES string of the molecule is O=C(NCc1ccc(F)cc1)c1ccc(CSc2c(Cl)ccc3c2CCNCC3)cc1F. The maximum atomic E-state index is 14.7. The fourth-order valence-electron chi connectivity index (χ4n) is 3.73. The normalized spacial score (nSPS) is 13.3. The van der Waals surface area contributed by atoms with Gasteiger partial charge in [-0.05, 0) is 78.5 Å². The lowest BCUT2D eigenvalue weighted by molar-refractivity contribution is 0.0947. The highest BCUT2D eigenvalue weighted by atomic mass is 35.5. The van der Waals surface area contributed by atoms with Crippen LogP contribution in [0.2, 0.25) is 5.02 Å². The zero-order chi connectivity index (χ0) is 22.5. The van der Waals surface area contributed by atoms with E-state index in [0.717, 1.165) is 42.0 Å². The Bertz CT molecular complexity index is 1120. The number of fused-ring (bicyclic) bond motifs is 1. The Kier molecular flexibility index (Phi) is 7.45. The lowest BCUT2D eigenvalue weighted by Gasteiger charge is -2.14. The third-order valence-corrected chi connectivity index (χ3v) is 7.12. The second-order valence-electron chi connectivity index (χ2n) is 7.68. The topological polar surface area (TPSA) is 41.1 Å². The molecule has 166 valence electrons. The molecule has 1 aliphatic rings. The van der Waals surface area contributed by atoms with Crippen molar-refractivity contribution in [2.45, 2.75) is 30.0 Å². The Morgan fingerprint density at radius 2 is 1.75 bits per heavy atom. The second kappa shape index (κ2) is 10.5. The van der Waals surface area contributed by atoms with E-state index in [1.54, 1.807) is 30.0 Å². The lowest BCUT2D eigenvalue weighted by Crippen LogP contribution is -2.23. The summed E-state index contributed by atoms with van der Waals surface area (Å²) >= 11 is 8.08. The van der Waals surface area contributed by atoms with Crippen LogP contribution in [0.15, 0.2) is 59.5 Å². The van der Waals surface area contributed by atoms with Gasteiger partial charge in [-0.1, -0.05) is 35.9 Å². The first-order valence-corrected chi connectivity index (χ1v) is 11.8. The zero-order valence-electron chi connectivity index (χ0n) is 17.4. The number of amides is 1. The molecule has 4 rings (SSSR count). The molecule has 0 saturated carbocycles. The first-order valence-electron chi connectivity index (χ1n) is 10.5. The van der Waals surface area contributed by atoms with Gasteiger partial charge < -0.3 is 10.6 Å². The maximum absolute atomic E-state index is 14.7. The Hall–Kier alpha value is -2.41. The van der Waals surface area contributed by atoms with Crippen molar-refractivity contribution in [3.63, 3.8) is 0 Å². The first-order chi connectivity index (χ1) is 15.5. The summed E-state index contributed by atoms with van der Waals surface area (Å²) in [5.74, 6) is -0.862. The van der Waals surface area contributed by atoms with Crippen LogP contribution in [-0.4, -0.2) is 19.0 Å². The minimum Gasteiger partial charge on any atom is -0.348 e. The van der Waals surface area contributed by atoms with Crippen LogP contribution in [0.25, 0.3) is 0 Å². The van der Waals surface area contributed by atoms with Crippen LogP contribution in [-0.2, 0) is 25.1 Å². The maximum Gasteiger partial charge on any atom is 0.254 e. The third-order valence-electron chi connectivity index (χ3n) is 5.46. The van der Waals surface area contributed by atoms with E-state index in [9.17, 15) is 13.6 Å². The van der Waals surface area contributed by atoms with Crippen LogP contribution in [0, 0.1) is 11.6 Å². The van der Waals surface area contributed by atoms with E-state index in [1.165, 1.54) is 35.4 Å². The van der Waals surface area contributed by atoms with E-state index >= 15 is 0 Å². The molecule has 0 aliphatic carbocycles. The smallest absolute Gasteiger partial charge is 0.254 e. The summed E-state index contributed by atoms with van der Waals surface area (Å²) in [6.07, 6.45) is 1.89. The Morgan fingerprint density at radius 3 is 2.53 bits per heavy atom. The van der Waals surface area contributed by atoms with Crippen LogP contribution in [0.3, 0.4) is 0 Å². The average Bonchev–Trinajstić information content (AvgIpc) is 3.03. The van der Waals surface area contributed by atoms with Gasteiger partial charge in [-0.3, -0.25) is 4.79 Å². The van der Waals surface area contributed by atoms with Crippen molar-refractivity contribution >= 4 is 29.3 Å². The highest BCUT2D eigenvalue weighted by Gasteiger charge is 2.16. The first kappa shape index (κ1) is 22.8. The third kappa shape index (κ3) is 5.49. The minimum atomic E-state index is -0.568. The van der Waals surface area contributed by atoms with E-state index in [0.29, 0.717) is 10.8 Å². The molecule has 32 heavy (non-hydrogen) atoms. The van der Waals surface area contributed by atoms with Crippen molar-refractivity contribution in [1.82, 2.24) is 10.6 Å². The predicted octanol–water partition coefficient (Wildman–Crippen LogP) is 5.53. The summed E-state index contributed by atoms with van der Waals surface area (Å²) in [5.41, 5.74) is 4.08. The molecule has 3 aromatic rings. The van der Waals surface area contributed by atoms with Gasteiger partial charge in [-0.15, -0.1) is 11.8 Å². The summed E-state index contributed by atoms with van der Waals surface area (Å²) < 4.78 is 27.6. The van der Waals surface area contributed by atoms with Crippen molar-refractivity contribution in [3.8, 4) is 0 Å². The molecule has 0 unspecified atom stereocenters. The van der Waals surface area contributed by atoms with Gasteiger partial charge >= 0.3 is 0 Å². The monoisotopic (exact) mass is 472 g/mol. The van der Waals surface area contributed by atoms with Crippen molar-refractivity contribution in [3.05, 3.63) is 99.1 Å². The Balaban J connectivity index is 1.42. The average molecular weight is 473 g/mol. The number of nitrogens with one attached hydrogen (secondary N) is 2. The van der Waals surface area contributed by atoms with Crippen molar-refractivity contribution in [1.29, 1.82) is 0 Å². The minimum absolute atomic E-state index is 0.0152. The van der Waals surface area contributed by atoms with E-state index in [-0.39, 0.29) is 17.9 Å². The molecule has 0 spiro atoms. The number of halogens is 3. The molecule has 0 radical (unpaired) electrons. The molecule has 7 heteroatoms. The van der Waals surface area contributed by atoms with Crippen LogP contribution < -0.4 is 10.6 Å². The molecule has 1 aliphatic heterocycles. The molecule has 0 aromatic heterocycles. The van der Waals surface area contributed by atoms with Gasteiger partial charge in [0.15, 0.2) is 0 Å². The molecule has 2 N–H and O–H groups in total. The molecule has 3 nitrogen and oxygen atoms in total. The standard InChI is InChI=1S/C25H23ClF2N2OS/c26-22-8-4-18-9-11-29-12-10-20(18)24(22)32-15-17-3-7-21(23(28)13-17)25(31)30-14-16-1-5-19(27)6-2-16/h1-8,13,29H,9-12,14-15H2,(H,30,31). The Labute approximate surface area is 195 Å². The van der Waals surface area contributed by atoms with Crippen LogP contribution in [0.1, 0.15) is 32.6 Å². The summed E-state index contributed by atoms with van der Waals surface area (Å²) in [6, 6.07) is 14.5. The number of benzene rings is 3. The number of thioether (sulfide) groups is 1. The highest BCUT2D eigenvalue weighted by molar-refractivity contribution is 7.98. The number of rotatable bonds is 6. The number of carbonyl (C=O) groups is 1. The molecular formula is C25H23ClF2N2OS. The number of hydrogen-bond acceptors (Lipinski definition) is 3. The van der Waals surface area contributed by atoms with Crippen molar-refractivity contribution in [2.75, 3.05) is 13.1 Å². The summed E-state index contributed by atoms with van der Waals surface area (Å²) in [4.78, 5) is 13.4. The van der Waals surface area contributed by atoms with E-state index < -0.39 is 11.7 Å². The fraction of sp³-hybridized carbons (Fsp3) is 0.240. The zero-order valence-corrected chi connectivity index (χ0v) is 19.0. The molecule has 0 saturated heterocycles. The van der Waals surface area contributed by atoms with E-state index in [1.807, 2.05) is 6.07 Å². The number of carbonyl (C=O) groups excluding carboxylic acids is 1. The van der Waals surface area contributed by atoms with Crippen LogP contribution >= 0.6 is 23.4 Å². The van der Waals surface area contributed by atoms with Crippen LogP contribution in [0.5, 0.6) is 0 Å². The largest absolute Gasteiger partial charge is 0.348 e. The lowest BCUT2D eigenvalue weighted by atomic mass is 10.0. The van der Waals surface area contributed by atoms with Gasteiger partial charge in [0, 0.05) is 17.2 Å². The van der Waals surface area contributed by atoms with Crippen molar-refractivity contribution in [2.24, 2.45) is 0 Å². The van der Waals surface area contributed by atoms with Gasteiger partial charge in [0.25, 0.3) is 5.91 Å². The fourth-order valence-corrected chi connectivity index (χ4v) is 5.18. The van der Waals surface area contributed by atoms with Gasteiger partial charge in [0.05, 0.1) is 10.6 Å². The quantitative estimate of drug-likeness (QED) is 0.463. The molecule has 3 aromatic carbocycles. The summed E-state index contributed by atoms with van der Waals surface area (Å²) in [6.45, 7) is 2.06. The highest BCUT2D eigenvalue weighted by Crippen LogP contribution is 2.36. The van der Waals surface area contributed by atoms with Crippen molar-refractivity contribution < 1.29 is 13.6 Å². The van der Waals surface area contributed by atoms with Gasteiger partial charge in [-0.25, -0.2) is 8.78 Å². The number of hydrogen-bond donors (Lipinski definition) is 2. The predicted molar refractivity (Wildman–Crippen MR) is 125 cm³/mol. The molecule has 0 atom stereocenters. The van der Waals surface area contributed by atoms with E-state index in [2.05, 4.69) is 16.7 Å². The molecule has 1 amide bonds. The molecular weight excluding hydrogens is 450 g/mol. The molecule has 0 fully saturated rings. The van der Waals surface area contributed by atoms with Crippen LogP contribution in [0.4, 0.5) is 8.78 Å². The van der Waals surface area contributed by atoms with Gasteiger partial charge in [0.1, 0.15) is 11.6 Å². The van der Waals surface area contributed by atoms with E-state index in [4.69, 9.17) is 11.6 Å². The van der Waals surface area contributed by atoms with Gasteiger partial charge in [0.2, 0.25) is 0 Å². The summed E-state index contributed by atoms with van der Waals surface area (Å²) in [7, 11) is 0. The molecule has 1 heterocycles. The Morgan fingerprint density at radius 1 is 1.00 bits per heavy atom. The second-order valence-corrected chi connectivity index (χ2v) is 9.07. The summed E-state index contributed by atoms with van der Waals surface area (Å²) in [5, 5.41) is 6.79. The van der Waals surface area contributed by atoms with Gasteiger partial charge in [-0.2, -0.15) is 0 Å². The molecule has 0 bridgehead atoms.